The van der Waals surface area contributed by atoms with E-state index in [-0.39, 0.29) is 17.9 Å². The molecule has 0 N–H and O–H groups in total. The van der Waals surface area contributed by atoms with Gasteiger partial charge >= 0.3 is 0 Å². The molecule has 1 aliphatic rings. The fourth-order valence-electron chi connectivity index (χ4n) is 3.23. The fourth-order valence-corrected chi connectivity index (χ4v) is 3.23. The Morgan fingerprint density at radius 1 is 1.00 bits per heavy atom. The molecule has 1 aliphatic heterocycles. The van der Waals surface area contributed by atoms with Crippen LogP contribution in [0.15, 0.2) is 60.7 Å². The first-order chi connectivity index (χ1) is 11.5. The number of hydrogen-bond acceptors (Lipinski definition) is 3. The predicted octanol–water partition coefficient (Wildman–Crippen LogP) is 3.45. The van der Waals surface area contributed by atoms with Crippen LogP contribution in [-0.2, 0) is 9.53 Å². The van der Waals surface area contributed by atoms with Crippen molar-refractivity contribution in [2.24, 2.45) is 5.92 Å². The third-order valence-electron chi connectivity index (χ3n) is 4.75. The average molecular weight is 323 g/mol. The molecule has 0 radical (unpaired) electrons. The van der Waals surface area contributed by atoms with Crippen molar-refractivity contribution < 1.29 is 14.3 Å². The number of amides is 2. The molecule has 124 valence electrons. The molecular formula is C20H21NO3. The molecule has 1 unspecified atom stereocenters. The van der Waals surface area contributed by atoms with E-state index >= 15 is 0 Å². The van der Waals surface area contributed by atoms with Gasteiger partial charge in [-0.3, -0.25) is 14.5 Å². The Bertz CT molecular complexity index is 740. The minimum atomic E-state index is -0.648. The molecule has 1 saturated heterocycles. The first kappa shape index (κ1) is 16.4. The van der Waals surface area contributed by atoms with Gasteiger partial charge in [-0.1, -0.05) is 48.5 Å². The number of ether oxygens (including phenoxy) is 1. The van der Waals surface area contributed by atoms with Crippen molar-refractivity contribution in [3.63, 3.8) is 0 Å². The van der Waals surface area contributed by atoms with Gasteiger partial charge in [0.05, 0.1) is 17.6 Å². The minimum Gasteiger partial charge on any atom is -0.378 e. The lowest BCUT2D eigenvalue weighted by Crippen LogP contribution is -2.64. The summed E-state index contributed by atoms with van der Waals surface area (Å²) in [7, 11) is 1.59. The lowest BCUT2D eigenvalue weighted by atomic mass is 9.72. The van der Waals surface area contributed by atoms with Crippen molar-refractivity contribution in [3.05, 3.63) is 71.8 Å². The van der Waals surface area contributed by atoms with Gasteiger partial charge in [0.2, 0.25) is 5.91 Å². The summed E-state index contributed by atoms with van der Waals surface area (Å²) in [6.45, 7) is 3.77. The minimum absolute atomic E-state index is 0.190. The third-order valence-corrected chi connectivity index (χ3v) is 4.75. The van der Waals surface area contributed by atoms with Crippen LogP contribution in [0, 0.1) is 5.92 Å². The van der Waals surface area contributed by atoms with Gasteiger partial charge in [-0.2, -0.15) is 0 Å². The Kier molecular flexibility index (Phi) is 4.24. The predicted molar refractivity (Wildman–Crippen MR) is 91.4 cm³/mol. The van der Waals surface area contributed by atoms with Gasteiger partial charge < -0.3 is 4.74 Å². The van der Waals surface area contributed by atoms with Crippen LogP contribution in [0.1, 0.15) is 35.8 Å². The second kappa shape index (κ2) is 6.21. The zero-order chi connectivity index (χ0) is 17.3. The summed E-state index contributed by atoms with van der Waals surface area (Å²) in [5.74, 6) is -0.847. The highest BCUT2D eigenvalue weighted by molar-refractivity contribution is 6.09. The molecule has 24 heavy (non-hydrogen) atoms. The zero-order valence-corrected chi connectivity index (χ0v) is 14.1. The molecule has 0 saturated carbocycles. The van der Waals surface area contributed by atoms with Crippen LogP contribution in [-0.4, -0.2) is 29.4 Å². The Labute approximate surface area is 142 Å². The molecule has 0 spiro atoms. The number of β-lactam (4-membered cyclic amide) rings is 1. The maximum Gasteiger partial charge on any atom is 0.261 e. The lowest BCUT2D eigenvalue weighted by Gasteiger charge is -2.51. The van der Waals surface area contributed by atoms with Crippen LogP contribution in [0.5, 0.6) is 0 Å². The molecule has 1 fully saturated rings. The molecule has 2 amide bonds. The second-order valence-corrected chi connectivity index (χ2v) is 6.52. The largest absolute Gasteiger partial charge is 0.378 e. The second-order valence-electron chi connectivity index (χ2n) is 6.52. The van der Waals surface area contributed by atoms with Gasteiger partial charge in [-0.05, 0) is 31.5 Å². The van der Waals surface area contributed by atoms with Crippen molar-refractivity contribution in [1.82, 2.24) is 4.90 Å². The normalized spacial score (nSPS) is 20.6. The van der Waals surface area contributed by atoms with Crippen LogP contribution in [0.2, 0.25) is 0 Å². The summed E-state index contributed by atoms with van der Waals surface area (Å²) in [6.07, 6.45) is 0. The van der Waals surface area contributed by atoms with E-state index in [0.29, 0.717) is 5.56 Å². The van der Waals surface area contributed by atoms with Crippen LogP contribution >= 0.6 is 0 Å². The summed E-state index contributed by atoms with van der Waals surface area (Å²) in [4.78, 5) is 27.0. The van der Waals surface area contributed by atoms with Crippen molar-refractivity contribution in [1.29, 1.82) is 0 Å². The van der Waals surface area contributed by atoms with Gasteiger partial charge in [0, 0.05) is 12.7 Å². The first-order valence-electron chi connectivity index (χ1n) is 8.00. The summed E-state index contributed by atoms with van der Waals surface area (Å²) in [6, 6.07) is 18.2. The number of carbonyl (C=O) groups is 2. The van der Waals surface area contributed by atoms with Gasteiger partial charge in [0.1, 0.15) is 0 Å². The number of rotatable bonds is 4. The summed E-state index contributed by atoms with van der Waals surface area (Å²) >= 11 is 0. The van der Waals surface area contributed by atoms with E-state index in [2.05, 4.69) is 0 Å². The third kappa shape index (κ3) is 2.63. The number of nitrogens with zero attached hydrogens (tertiary/aromatic N) is 1. The highest BCUT2D eigenvalue weighted by Gasteiger charge is 2.57. The topological polar surface area (TPSA) is 46.6 Å². The fraction of sp³-hybridized carbons (Fsp3) is 0.300. The Morgan fingerprint density at radius 3 is 2.08 bits per heavy atom. The van der Waals surface area contributed by atoms with Crippen molar-refractivity contribution in [2.75, 3.05) is 7.11 Å². The molecule has 4 nitrogen and oxygen atoms in total. The van der Waals surface area contributed by atoms with E-state index in [9.17, 15) is 9.59 Å². The van der Waals surface area contributed by atoms with E-state index in [1.54, 1.807) is 31.4 Å². The van der Waals surface area contributed by atoms with Gasteiger partial charge in [-0.15, -0.1) is 0 Å². The van der Waals surface area contributed by atoms with E-state index in [1.165, 1.54) is 4.90 Å². The van der Waals surface area contributed by atoms with Crippen LogP contribution in [0.25, 0.3) is 0 Å². The molecule has 2 atom stereocenters. The number of methoxy groups -OCH3 is 1. The molecule has 2 aromatic rings. The lowest BCUT2D eigenvalue weighted by molar-refractivity contribution is -0.171. The number of hydrogen-bond donors (Lipinski definition) is 0. The number of carbonyl (C=O) groups excluding carboxylic acids is 2. The Hall–Kier alpha value is -2.46. The standard InChI is InChI=1S/C20H21NO3/c1-20(2,24-3)16-17(14-10-6-4-7-11-14)21(19(16)23)18(22)15-12-8-5-9-13-15/h4-13,16-17H,1-3H3/t16?,17-/m0/s1. The van der Waals surface area contributed by atoms with Crippen molar-refractivity contribution >= 4 is 11.8 Å². The highest BCUT2D eigenvalue weighted by Crippen LogP contribution is 2.47. The van der Waals surface area contributed by atoms with E-state index in [1.807, 2.05) is 50.2 Å². The SMILES string of the molecule is COC(C)(C)C1C(=O)N(C(=O)c2ccccc2)[C@H]1c1ccccc1. The van der Waals surface area contributed by atoms with E-state index in [4.69, 9.17) is 4.74 Å². The highest BCUT2D eigenvalue weighted by atomic mass is 16.5. The smallest absolute Gasteiger partial charge is 0.261 e. The van der Waals surface area contributed by atoms with Gasteiger partial charge in [0.15, 0.2) is 0 Å². The monoisotopic (exact) mass is 323 g/mol. The molecule has 0 aromatic heterocycles. The summed E-state index contributed by atoms with van der Waals surface area (Å²) in [5.41, 5.74) is 0.808. The zero-order valence-electron chi connectivity index (χ0n) is 14.1. The Balaban J connectivity index is 2.00. The van der Waals surface area contributed by atoms with E-state index in [0.717, 1.165) is 5.56 Å². The molecule has 3 rings (SSSR count). The molecule has 2 aromatic carbocycles. The maximum absolute atomic E-state index is 12.8. The maximum atomic E-state index is 12.8. The van der Waals surface area contributed by atoms with Crippen LogP contribution in [0.4, 0.5) is 0 Å². The van der Waals surface area contributed by atoms with Crippen molar-refractivity contribution in [3.8, 4) is 0 Å². The molecule has 0 aliphatic carbocycles. The summed E-state index contributed by atoms with van der Waals surface area (Å²) < 4.78 is 5.54. The van der Waals surface area contributed by atoms with Gasteiger partial charge in [0.25, 0.3) is 5.91 Å². The number of benzene rings is 2. The first-order valence-corrected chi connectivity index (χ1v) is 8.00. The number of likely N-dealkylation sites (tertiary alicyclic amines) is 1. The molecule has 1 heterocycles. The number of imide groups is 1. The van der Waals surface area contributed by atoms with Gasteiger partial charge in [-0.25, -0.2) is 0 Å². The summed E-state index contributed by atoms with van der Waals surface area (Å²) in [5, 5.41) is 0. The van der Waals surface area contributed by atoms with Crippen molar-refractivity contribution in [2.45, 2.75) is 25.5 Å². The molecule has 0 bridgehead atoms. The molecule has 4 heteroatoms. The quantitative estimate of drug-likeness (QED) is 0.639. The van der Waals surface area contributed by atoms with E-state index < -0.39 is 11.5 Å². The van der Waals surface area contributed by atoms with Crippen LogP contribution in [0.3, 0.4) is 0 Å². The Morgan fingerprint density at radius 2 is 1.54 bits per heavy atom. The molecular weight excluding hydrogens is 302 g/mol. The average Bonchev–Trinajstić information content (AvgIpc) is 2.60. The van der Waals surface area contributed by atoms with Crippen LogP contribution < -0.4 is 0 Å².